The molecule has 0 saturated carbocycles. The number of halogens is 1. The number of unbranched alkanes of at least 4 members (excludes halogenated alkanes) is 3. The first-order chi connectivity index (χ1) is 12.0. The summed E-state index contributed by atoms with van der Waals surface area (Å²) in [5, 5.41) is 8.60. The number of hydrogen-bond acceptors (Lipinski definition) is 4. The number of amides is 1. The van der Waals surface area contributed by atoms with Gasteiger partial charge in [0.25, 0.3) is 0 Å². The number of ketones is 1. The van der Waals surface area contributed by atoms with Gasteiger partial charge in [-0.25, -0.2) is 0 Å². The largest absolute Gasteiger partial charge is 0.481 e. The molecule has 0 radical (unpaired) electrons. The number of hydrogen-bond donors (Lipinski definition) is 1. The maximum absolute atomic E-state index is 12.0. The third-order valence-electron chi connectivity index (χ3n) is 4.20. The molecule has 0 unspecified atom stereocenters. The Bertz CT molecular complexity index is 652. The molecule has 1 saturated heterocycles. The fraction of sp³-hybridized carbons (Fsp3) is 0.500. The predicted molar refractivity (Wildman–Crippen MR) is 95.3 cm³/mol. The average molecular weight is 412 g/mol. The molecule has 6 nitrogen and oxygen atoms in total. The summed E-state index contributed by atoms with van der Waals surface area (Å²) < 4.78 is 5.73. The van der Waals surface area contributed by atoms with Crippen LogP contribution in [0.15, 0.2) is 33.4 Å². The molecule has 0 spiro atoms. The molecule has 1 N–H and O–H groups in total. The molecule has 0 aromatic carbocycles. The second-order valence-corrected chi connectivity index (χ2v) is 6.86. The van der Waals surface area contributed by atoms with Crippen LogP contribution in [0.5, 0.6) is 0 Å². The summed E-state index contributed by atoms with van der Waals surface area (Å²) in [4.78, 5) is 36.3. The predicted octanol–water partition coefficient (Wildman–Crippen LogP) is 3.81. The van der Waals surface area contributed by atoms with Gasteiger partial charge >= 0.3 is 5.97 Å². The second-order valence-electron chi connectivity index (χ2n) is 6.08. The van der Waals surface area contributed by atoms with E-state index >= 15 is 0 Å². The Morgan fingerprint density at radius 1 is 1.28 bits per heavy atom. The van der Waals surface area contributed by atoms with Crippen LogP contribution in [0.3, 0.4) is 0 Å². The fourth-order valence-corrected chi connectivity index (χ4v) is 3.19. The summed E-state index contributed by atoms with van der Waals surface area (Å²) in [6.07, 6.45) is 7.89. The topological polar surface area (TPSA) is 87.8 Å². The number of carboxylic acids is 1. The highest BCUT2D eigenvalue weighted by molar-refractivity contribution is 9.10. The van der Waals surface area contributed by atoms with Crippen LogP contribution < -0.4 is 0 Å². The van der Waals surface area contributed by atoms with Gasteiger partial charge < -0.3 is 14.4 Å². The Kier molecular flexibility index (Phi) is 7.43. The van der Waals surface area contributed by atoms with Crippen molar-refractivity contribution >= 4 is 33.6 Å². The smallest absolute Gasteiger partial charge is 0.303 e. The lowest BCUT2D eigenvalue weighted by Gasteiger charge is -2.22. The summed E-state index contributed by atoms with van der Waals surface area (Å²) in [6.45, 7) is 0.640. The van der Waals surface area contributed by atoms with Crippen LogP contribution in [0.1, 0.15) is 55.5 Å². The van der Waals surface area contributed by atoms with Crippen LogP contribution >= 0.6 is 15.9 Å². The van der Waals surface area contributed by atoms with Crippen molar-refractivity contribution in [1.29, 1.82) is 0 Å². The summed E-state index contributed by atoms with van der Waals surface area (Å²) in [6, 6.07) is 3.20. The highest BCUT2D eigenvalue weighted by Crippen LogP contribution is 2.21. The van der Waals surface area contributed by atoms with Gasteiger partial charge in [0.05, 0.1) is 6.04 Å². The molecule has 1 aliphatic rings. The monoisotopic (exact) mass is 411 g/mol. The molecule has 1 aromatic heterocycles. The van der Waals surface area contributed by atoms with Crippen LogP contribution in [0.4, 0.5) is 0 Å². The van der Waals surface area contributed by atoms with E-state index in [9.17, 15) is 14.4 Å². The first kappa shape index (κ1) is 19.4. The van der Waals surface area contributed by atoms with Gasteiger partial charge in [0.15, 0.2) is 10.4 Å². The zero-order valence-electron chi connectivity index (χ0n) is 13.9. The average Bonchev–Trinajstić information content (AvgIpc) is 3.15. The summed E-state index contributed by atoms with van der Waals surface area (Å²) in [5.41, 5.74) is 0. The Hall–Kier alpha value is -1.89. The van der Waals surface area contributed by atoms with Crippen LogP contribution in [0, 0.1) is 0 Å². The van der Waals surface area contributed by atoms with Crippen molar-refractivity contribution in [3.63, 3.8) is 0 Å². The second kappa shape index (κ2) is 9.56. The van der Waals surface area contributed by atoms with Gasteiger partial charge in [-0.2, -0.15) is 0 Å². The number of carbonyl (C=O) groups excluding carboxylic acids is 2. The lowest BCUT2D eigenvalue weighted by Crippen LogP contribution is -2.32. The lowest BCUT2D eigenvalue weighted by molar-refractivity contribution is -0.137. The molecular weight excluding hydrogens is 390 g/mol. The fourth-order valence-electron chi connectivity index (χ4n) is 2.89. The Morgan fingerprint density at radius 3 is 2.72 bits per heavy atom. The Labute approximate surface area is 155 Å². The van der Waals surface area contributed by atoms with Crippen molar-refractivity contribution in [3.8, 4) is 0 Å². The Morgan fingerprint density at radius 2 is 2.04 bits per heavy atom. The van der Waals surface area contributed by atoms with Crippen molar-refractivity contribution in [1.82, 2.24) is 4.90 Å². The van der Waals surface area contributed by atoms with Crippen molar-refractivity contribution in [2.24, 2.45) is 0 Å². The number of furan rings is 1. The molecule has 1 fully saturated rings. The standard InChI is InChI=1S/C18H22BrNO5/c19-16-10-9-15(25-16)14(21)8-6-13-7-11-17(22)20(13)12-4-2-1-3-5-18(23)24/h6,8-10,13H,1-5,7,11-12H2,(H,23,24)/b8-6+/t13-/m0/s1. The van der Waals surface area contributed by atoms with E-state index in [4.69, 9.17) is 9.52 Å². The van der Waals surface area contributed by atoms with Crippen LogP contribution in [-0.2, 0) is 9.59 Å². The van der Waals surface area contributed by atoms with Gasteiger partial charge in [0.1, 0.15) is 0 Å². The van der Waals surface area contributed by atoms with E-state index in [1.807, 2.05) is 0 Å². The third kappa shape index (κ3) is 6.16. The summed E-state index contributed by atoms with van der Waals surface area (Å²) in [7, 11) is 0. The van der Waals surface area contributed by atoms with E-state index in [2.05, 4.69) is 15.9 Å². The Balaban J connectivity index is 1.79. The SMILES string of the molecule is O=C(O)CCCCCCN1C(=O)CC[C@@H]1/C=C/C(=O)c1ccc(Br)o1. The molecule has 0 bridgehead atoms. The zero-order valence-corrected chi connectivity index (χ0v) is 15.5. The molecule has 2 rings (SSSR count). The number of aliphatic carboxylic acids is 1. The number of likely N-dealkylation sites (tertiary alicyclic amines) is 1. The van der Waals surface area contributed by atoms with E-state index in [1.165, 1.54) is 6.08 Å². The minimum absolute atomic E-state index is 0.0612. The van der Waals surface area contributed by atoms with Crippen LogP contribution in [-0.4, -0.2) is 40.3 Å². The number of nitrogens with zero attached hydrogens (tertiary/aromatic N) is 1. The molecule has 0 aliphatic carbocycles. The first-order valence-electron chi connectivity index (χ1n) is 8.46. The van der Waals surface area contributed by atoms with Gasteiger partial charge in [-0.1, -0.05) is 18.9 Å². The molecule has 1 aromatic rings. The van der Waals surface area contributed by atoms with Crippen molar-refractivity contribution in [2.75, 3.05) is 6.54 Å². The van der Waals surface area contributed by atoms with Gasteiger partial charge in [0.2, 0.25) is 11.7 Å². The van der Waals surface area contributed by atoms with Gasteiger partial charge in [-0.15, -0.1) is 0 Å². The maximum atomic E-state index is 12.0. The lowest BCUT2D eigenvalue weighted by atomic mass is 10.1. The summed E-state index contributed by atoms with van der Waals surface area (Å²) in [5.74, 6) is -0.627. The third-order valence-corrected chi connectivity index (χ3v) is 4.63. The van der Waals surface area contributed by atoms with Crippen LogP contribution in [0.25, 0.3) is 0 Å². The minimum atomic E-state index is -0.770. The van der Waals surface area contributed by atoms with Gasteiger partial charge in [-0.3, -0.25) is 14.4 Å². The molecule has 2 heterocycles. The normalized spacial score (nSPS) is 17.6. The zero-order chi connectivity index (χ0) is 18.2. The van der Waals surface area contributed by atoms with E-state index in [0.717, 1.165) is 19.3 Å². The highest BCUT2D eigenvalue weighted by atomic mass is 79.9. The molecule has 1 atom stereocenters. The van der Waals surface area contributed by atoms with Gasteiger partial charge in [-0.05, 0) is 53.4 Å². The van der Waals surface area contributed by atoms with Crippen molar-refractivity contribution in [3.05, 3.63) is 34.7 Å². The molecule has 1 amide bonds. The minimum Gasteiger partial charge on any atom is -0.481 e. The first-order valence-corrected chi connectivity index (χ1v) is 9.26. The van der Waals surface area contributed by atoms with Crippen molar-refractivity contribution < 1.29 is 23.9 Å². The molecule has 7 heteroatoms. The number of carboxylic acid groups (broad SMARTS) is 1. The van der Waals surface area contributed by atoms with Gasteiger partial charge in [0, 0.05) is 19.4 Å². The van der Waals surface area contributed by atoms with E-state index < -0.39 is 5.97 Å². The van der Waals surface area contributed by atoms with E-state index in [1.54, 1.807) is 23.1 Å². The van der Waals surface area contributed by atoms with Crippen molar-refractivity contribution in [2.45, 2.75) is 51.0 Å². The number of rotatable bonds is 10. The van der Waals surface area contributed by atoms with E-state index in [0.29, 0.717) is 30.5 Å². The highest BCUT2D eigenvalue weighted by Gasteiger charge is 2.28. The number of carbonyl (C=O) groups is 3. The molecular formula is C18H22BrNO5. The van der Waals surface area contributed by atoms with Crippen LogP contribution in [0.2, 0.25) is 0 Å². The molecule has 1 aliphatic heterocycles. The molecule has 136 valence electrons. The summed E-state index contributed by atoms with van der Waals surface area (Å²) >= 11 is 3.16. The maximum Gasteiger partial charge on any atom is 0.303 e. The number of allylic oxidation sites excluding steroid dienone is 1. The quantitative estimate of drug-likeness (QED) is 0.359. The molecule has 25 heavy (non-hydrogen) atoms. The van der Waals surface area contributed by atoms with E-state index in [-0.39, 0.29) is 29.9 Å².